The van der Waals surface area contributed by atoms with Gasteiger partial charge in [-0.1, -0.05) is 30.3 Å². The van der Waals surface area contributed by atoms with Crippen LogP contribution in [-0.4, -0.2) is 52.4 Å². The second kappa shape index (κ2) is 8.91. The zero-order chi connectivity index (χ0) is 22.8. The number of carbonyl (C=O) groups excluding carboxylic acids is 2. The number of amides is 2. The second-order valence-corrected chi connectivity index (χ2v) is 8.50. The van der Waals surface area contributed by atoms with Crippen LogP contribution in [0.1, 0.15) is 23.2 Å². The number of anilines is 1. The predicted octanol–water partition coefficient (Wildman–Crippen LogP) is 2.84. The van der Waals surface area contributed by atoms with Gasteiger partial charge in [-0.25, -0.2) is 4.79 Å². The monoisotopic (exact) mass is 443 g/mol. The van der Waals surface area contributed by atoms with Crippen molar-refractivity contribution in [2.24, 2.45) is 0 Å². The van der Waals surface area contributed by atoms with Gasteiger partial charge in [0.15, 0.2) is 0 Å². The summed E-state index contributed by atoms with van der Waals surface area (Å²) in [5, 5.41) is 8.15. The highest BCUT2D eigenvalue weighted by Crippen LogP contribution is 2.18. The first-order chi connectivity index (χ1) is 16.0. The van der Waals surface area contributed by atoms with Crippen LogP contribution < -0.4 is 16.3 Å². The first-order valence-electron chi connectivity index (χ1n) is 11.1. The molecule has 5 rings (SSSR count). The first-order valence-corrected chi connectivity index (χ1v) is 11.1. The summed E-state index contributed by atoms with van der Waals surface area (Å²) < 4.78 is 0. The zero-order valence-electron chi connectivity index (χ0n) is 18.1. The topological polar surface area (TPSA) is 110 Å². The molecule has 1 fully saturated rings. The smallest absolute Gasteiger partial charge is 0.323 e. The number of imidazole rings is 1. The van der Waals surface area contributed by atoms with Gasteiger partial charge in [-0.15, -0.1) is 0 Å². The molecule has 0 aliphatic carbocycles. The number of hydrogen-bond acceptors (Lipinski definition) is 4. The maximum Gasteiger partial charge on any atom is 0.323 e. The molecule has 4 N–H and O–H groups in total. The highest BCUT2D eigenvalue weighted by atomic mass is 16.2. The Morgan fingerprint density at radius 2 is 1.79 bits per heavy atom. The normalized spacial score (nSPS) is 16.7. The number of nitrogens with one attached hydrogen (secondary N) is 4. The lowest BCUT2D eigenvalue weighted by atomic mass is 10.0. The van der Waals surface area contributed by atoms with Crippen LogP contribution in [0.2, 0.25) is 0 Å². The van der Waals surface area contributed by atoms with Crippen LogP contribution in [0.4, 0.5) is 5.69 Å². The predicted molar refractivity (Wildman–Crippen MR) is 128 cm³/mol. The molecule has 1 saturated heterocycles. The van der Waals surface area contributed by atoms with Gasteiger partial charge in [0.1, 0.15) is 0 Å². The molecule has 2 amide bonds. The number of aromatic nitrogens is 2. The van der Waals surface area contributed by atoms with Crippen molar-refractivity contribution in [3.63, 3.8) is 0 Å². The Labute approximate surface area is 190 Å². The highest BCUT2D eigenvalue weighted by molar-refractivity contribution is 5.98. The summed E-state index contributed by atoms with van der Waals surface area (Å²) in [5.74, 6) is -0.223. The van der Waals surface area contributed by atoms with Crippen LogP contribution in [-0.2, 0) is 4.79 Å². The van der Waals surface area contributed by atoms with E-state index in [2.05, 4.69) is 25.5 Å². The molecule has 168 valence electrons. The Balaban J connectivity index is 1.17. The molecule has 8 nitrogen and oxygen atoms in total. The second-order valence-electron chi connectivity index (χ2n) is 8.50. The van der Waals surface area contributed by atoms with Crippen molar-refractivity contribution in [1.82, 2.24) is 20.2 Å². The van der Waals surface area contributed by atoms with Crippen LogP contribution in [0.5, 0.6) is 0 Å². The summed E-state index contributed by atoms with van der Waals surface area (Å²) in [7, 11) is 0. The van der Waals surface area contributed by atoms with Crippen molar-refractivity contribution in [2.45, 2.75) is 18.9 Å². The van der Waals surface area contributed by atoms with E-state index in [0.29, 0.717) is 28.8 Å². The van der Waals surface area contributed by atoms with Gasteiger partial charge >= 0.3 is 5.69 Å². The van der Waals surface area contributed by atoms with Gasteiger partial charge in [0.05, 0.1) is 17.6 Å². The minimum absolute atomic E-state index is 0.00759. The lowest BCUT2D eigenvalue weighted by Gasteiger charge is -2.32. The molecule has 0 spiro atoms. The molecule has 1 aliphatic heterocycles. The summed E-state index contributed by atoms with van der Waals surface area (Å²) in [6, 6.07) is 18.9. The Morgan fingerprint density at radius 3 is 2.67 bits per heavy atom. The number of likely N-dealkylation sites (tertiary alicyclic amines) is 1. The van der Waals surface area contributed by atoms with Crippen LogP contribution in [0.25, 0.3) is 21.8 Å². The van der Waals surface area contributed by atoms with Crippen LogP contribution in [0.15, 0.2) is 65.5 Å². The summed E-state index contributed by atoms with van der Waals surface area (Å²) in [6.45, 7) is 1.67. The minimum Gasteiger partial charge on any atom is -0.348 e. The molecule has 0 bridgehead atoms. The number of piperidine rings is 1. The van der Waals surface area contributed by atoms with Crippen molar-refractivity contribution < 1.29 is 9.59 Å². The molecule has 0 radical (unpaired) electrons. The van der Waals surface area contributed by atoms with E-state index >= 15 is 0 Å². The average Bonchev–Trinajstić information content (AvgIpc) is 3.18. The number of H-pyrrole nitrogens is 2. The van der Waals surface area contributed by atoms with Crippen molar-refractivity contribution in [2.75, 3.05) is 25.0 Å². The molecular weight excluding hydrogens is 418 g/mol. The minimum atomic E-state index is -0.279. The summed E-state index contributed by atoms with van der Waals surface area (Å²) in [5.41, 5.74) is 2.33. The largest absolute Gasteiger partial charge is 0.348 e. The number of benzene rings is 3. The van der Waals surface area contributed by atoms with Gasteiger partial charge < -0.3 is 20.6 Å². The molecule has 1 aliphatic rings. The third kappa shape index (κ3) is 4.80. The van der Waals surface area contributed by atoms with Gasteiger partial charge in [-0.2, -0.15) is 0 Å². The summed E-state index contributed by atoms with van der Waals surface area (Å²) in [6.07, 6.45) is 1.79. The van der Waals surface area contributed by atoms with Gasteiger partial charge in [-0.05, 0) is 60.5 Å². The van der Waals surface area contributed by atoms with E-state index in [4.69, 9.17) is 0 Å². The van der Waals surface area contributed by atoms with Gasteiger partial charge in [0, 0.05) is 23.8 Å². The number of carbonyl (C=O) groups is 2. The lowest BCUT2D eigenvalue weighted by molar-refractivity contribution is -0.117. The SMILES string of the molecule is O=C(CN1CCCC(NC(=O)c2ccc3ccccc3c2)C1)Nc1ccc2[nH]c(=O)[nH]c2c1. The zero-order valence-corrected chi connectivity index (χ0v) is 18.1. The number of hydrogen-bond donors (Lipinski definition) is 4. The van der Waals surface area contributed by atoms with Crippen molar-refractivity contribution in [1.29, 1.82) is 0 Å². The van der Waals surface area contributed by atoms with E-state index in [1.165, 1.54) is 0 Å². The molecule has 2 heterocycles. The number of aromatic amines is 2. The Bertz CT molecular complexity index is 1390. The third-order valence-electron chi connectivity index (χ3n) is 6.02. The number of fused-ring (bicyclic) bond motifs is 2. The van der Waals surface area contributed by atoms with E-state index in [9.17, 15) is 14.4 Å². The molecule has 33 heavy (non-hydrogen) atoms. The average molecular weight is 444 g/mol. The van der Waals surface area contributed by atoms with Crippen molar-refractivity contribution in [3.8, 4) is 0 Å². The van der Waals surface area contributed by atoms with Crippen molar-refractivity contribution >= 4 is 39.3 Å². The Hall–Kier alpha value is -3.91. The lowest BCUT2D eigenvalue weighted by Crippen LogP contribution is -2.49. The Morgan fingerprint density at radius 1 is 0.970 bits per heavy atom. The molecular formula is C25H25N5O3. The summed E-state index contributed by atoms with van der Waals surface area (Å²) >= 11 is 0. The molecule has 1 aromatic heterocycles. The fourth-order valence-corrected chi connectivity index (χ4v) is 4.43. The first kappa shape index (κ1) is 21.0. The number of rotatable bonds is 5. The molecule has 8 heteroatoms. The molecule has 3 aromatic carbocycles. The molecule has 0 saturated carbocycles. The summed E-state index contributed by atoms with van der Waals surface area (Å²) in [4.78, 5) is 44.2. The van der Waals surface area contributed by atoms with E-state index in [1.807, 2.05) is 42.5 Å². The van der Waals surface area contributed by atoms with Crippen LogP contribution in [0.3, 0.4) is 0 Å². The van der Waals surface area contributed by atoms with E-state index in [-0.39, 0.29) is 30.1 Å². The third-order valence-corrected chi connectivity index (χ3v) is 6.02. The van der Waals surface area contributed by atoms with E-state index in [0.717, 1.165) is 30.2 Å². The van der Waals surface area contributed by atoms with Gasteiger partial charge in [-0.3, -0.25) is 14.5 Å². The maximum atomic E-state index is 12.8. The fourth-order valence-electron chi connectivity index (χ4n) is 4.43. The molecule has 1 unspecified atom stereocenters. The fraction of sp³-hybridized carbons (Fsp3) is 0.240. The van der Waals surface area contributed by atoms with Crippen LogP contribution >= 0.6 is 0 Å². The molecule has 4 aromatic rings. The standard InChI is InChI=1S/C25H25N5O3/c31-23(26-19-9-10-21-22(13-19)29-25(33)28-21)15-30-11-3-6-20(14-30)27-24(32)18-8-7-16-4-1-2-5-17(16)12-18/h1-2,4-5,7-10,12-13,20H,3,6,11,14-15H2,(H,26,31)(H,27,32)(H2,28,29,33). The van der Waals surface area contributed by atoms with Crippen molar-refractivity contribution in [3.05, 3.63) is 76.7 Å². The quantitative estimate of drug-likeness (QED) is 0.380. The maximum absolute atomic E-state index is 12.8. The highest BCUT2D eigenvalue weighted by Gasteiger charge is 2.23. The van der Waals surface area contributed by atoms with E-state index in [1.54, 1.807) is 18.2 Å². The Kier molecular flexibility index (Phi) is 5.66. The van der Waals surface area contributed by atoms with E-state index < -0.39 is 0 Å². The number of nitrogens with zero attached hydrogens (tertiary/aromatic N) is 1. The molecule has 1 atom stereocenters. The van der Waals surface area contributed by atoms with Crippen LogP contribution in [0, 0.1) is 0 Å². The van der Waals surface area contributed by atoms with Gasteiger partial charge in [0.25, 0.3) is 5.91 Å². The van der Waals surface area contributed by atoms with Gasteiger partial charge in [0.2, 0.25) is 5.91 Å².